The fourth-order valence-corrected chi connectivity index (χ4v) is 3.76. The van der Waals surface area contributed by atoms with Crippen molar-refractivity contribution in [1.82, 2.24) is 10.2 Å². The molecule has 0 saturated heterocycles. The molecule has 0 bridgehead atoms. The minimum atomic E-state index is -0.0880. The van der Waals surface area contributed by atoms with Gasteiger partial charge in [-0.2, -0.15) is 10.2 Å². The van der Waals surface area contributed by atoms with Crippen molar-refractivity contribution in [1.29, 1.82) is 0 Å². The number of anilines is 2. The number of nitrogens with one attached hydrogen (secondary N) is 2. The van der Waals surface area contributed by atoms with E-state index in [1.54, 1.807) is 0 Å². The largest absolute Gasteiger partial charge is 0.369 e. The van der Waals surface area contributed by atoms with Gasteiger partial charge in [-0.05, 0) is 42.5 Å². The monoisotopic (exact) mass is 393 g/mol. The summed E-state index contributed by atoms with van der Waals surface area (Å²) in [6, 6.07) is 17.7. The van der Waals surface area contributed by atoms with Crippen LogP contribution in [0.2, 0.25) is 5.02 Å². The third-order valence-electron chi connectivity index (χ3n) is 4.69. The van der Waals surface area contributed by atoms with E-state index in [2.05, 4.69) is 25.7 Å². The molecule has 1 unspecified atom stereocenters. The number of fused-ring (bicyclic) bond motifs is 1. The van der Waals surface area contributed by atoms with Crippen LogP contribution in [0.5, 0.6) is 0 Å². The van der Waals surface area contributed by atoms with Gasteiger partial charge in [-0.3, -0.25) is 5.10 Å². The van der Waals surface area contributed by atoms with Crippen LogP contribution in [0.25, 0.3) is 0 Å². The van der Waals surface area contributed by atoms with Crippen LogP contribution in [-0.4, -0.2) is 21.9 Å². The predicted molar refractivity (Wildman–Crippen MR) is 113 cm³/mol. The van der Waals surface area contributed by atoms with Gasteiger partial charge in [0.2, 0.25) is 5.96 Å². The van der Waals surface area contributed by atoms with E-state index in [-0.39, 0.29) is 11.9 Å². The maximum atomic E-state index is 6.43. The lowest BCUT2D eigenvalue weighted by Gasteiger charge is -2.24. The smallest absolute Gasteiger partial charge is 0.211 e. The summed E-state index contributed by atoms with van der Waals surface area (Å²) in [6.07, 6.45) is 1.42. The summed E-state index contributed by atoms with van der Waals surface area (Å²) in [5.41, 5.74) is 15.6. The molecule has 1 atom stereocenters. The number of aromatic amines is 1. The van der Waals surface area contributed by atoms with Crippen molar-refractivity contribution < 1.29 is 0 Å². The summed E-state index contributed by atoms with van der Waals surface area (Å²) in [5, 5.41) is 19.9. The van der Waals surface area contributed by atoms with Crippen LogP contribution in [0.4, 0.5) is 11.5 Å². The van der Waals surface area contributed by atoms with Crippen molar-refractivity contribution in [2.45, 2.75) is 18.8 Å². The van der Waals surface area contributed by atoms with Gasteiger partial charge in [0.25, 0.3) is 0 Å². The lowest BCUT2D eigenvalue weighted by atomic mass is 9.81. The zero-order valence-corrected chi connectivity index (χ0v) is 15.8. The molecular weight excluding hydrogens is 374 g/mol. The minimum absolute atomic E-state index is 0.0880. The maximum absolute atomic E-state index is 6.43. The van der Waals surface area contributed by atoms with Gasteiger partial charge in [0.1, 0.15) is 0 Å². The molecule has 1 aromatic heterocycles. The lowest BCUT2D eigenvalue weighted by Crippen LogP contribution is -2.23. The van der Waals surface area contributed by atoms with E-state index in [0.717, 1.165) is 39.7 Å². The van der Waals surface area contributed by atoms with Crippen LogP contribution in [-0.2, 0) is 6.42 Å². The van der Waals surface area contributed by atoms with Crippen LogP contribution in [0, 0.1) is 0 Å². The van der Waals surface area contributed by atoms with E-state index < -0.39 is 0 Å². The van der Waals surface area contributed by atoms with Gasteiger partial charge >= 0.3 is 0 Å². The first-order valence-electron chi connectivity index (χ1n) is 8.91. The Morgan fingerprint density at radius 2 is 1.82 bits per heavy atom. The van der Waals surface area contributed by atoms with E-state index in [9.17, 15) is 0 Å². The topological polar surface area (TPSA) is 117 Å². The molecule has 1 aliphatic carbocycles. The molecule has 0 aliphatic heterocycles. The van der Waals surface area contributed by atoms with Gasteiger partial charge in [-0.1, -0.05) is 48.0 Å². The number of hydrogen-bond donors (Lipinski definition) is 4. The molecule has 7 nitrogen and oxygen atoms in total. The fourth-order valence-electron chi connectivity index (χ4n) is 3.47. The van der Waals surface area contributed by atoms with E-state index in [1.807, 2.05) is 54.6 Å². The number of H-pyrrole nitrogens is 1. The van der Waals surface area contributed by atoms with E-state index >= 15 is 0 Å². The second-order valence-electron chi connectivity index (χ2n) is 6.62. The Hall–Kier alpha value is -3.32. The van der Waals surface area contributed by atoms with Crippen LogP contribution in [0.3, 0.4) is 0 Å². The van der Waals surface area contributed by atoms with Crippen LogP contribution in [0.1, 0.15) is 29.2 Å². The number of rotatable bonds is 4. The zero-order valence-electron chi connectivity index (χ0n) is 15.1. The van der Waals surface area contributed by atoms with Crippen LogP contribution in [0.15, 0.2) is 64.8 Å². The third-order valence-corrected chi connectivity index (χ3v) is 5.03. The second kappa shape index (κ2) is 7.74. The van der Waals surface area contributed by atoms with Crippen LogP contribution >= 0.6 is 11.6 Å². The Morgan fingerprint density at radius 1 is 1.07 bits per heavy atom. The molecule has 1 aliphatic rings. The summed E-state index contributed by atoms with van der Waals surface area (Å²) in [7, 11) is 0. The number of aromatic nitrogens is 2. The highest BCUT2D eigenvalue weighted by atomic mass is 35.5. The Morgan fingerprint density at radius 3 is 2.57 bits per heavy atom. The van der Waals surface area contributed by atoms with Crippen LogP contribution < -0.4 is 16.8 Å². The SMILES string of the molecule is NC(N)=NN=C1CC(c2ccccc2Cl)Cc2[nH]nc(Nc3ccccc3)c21. The molecule has 3 aromatic rings. The number of para-hydroxylation sites is 1. The minimum Gasteiger partial charge on any atom is -0.369 e. The van der Waals surface area contributed by atoms with Crippen molar-refractivity contribution in [2.75, 3.05) is 5.32 Å². The molecule has 1 heterocycles. The zero-order chi connectivity index (χ0) is 19.5. The number of benzene rings is 2. The molecular formula is C20H20ClN7. The molecule has 6 N–H and O–H groups in total. The standard InChI is InChI=1S/C20H20ClN7/c21-15-9-5-4-8-14(15)12-10-16-18(17(11-12)26-28-20(22)23)19(27-25-16)24-13-6-2-1-3-7-13/h1-9,12H,10-11H2,(H4,22,23,28)(H2,24,25,27). The molecule has 4 rings (SSSR count). The van der Waals surface area contributed by atoms with Gasteiger partial charge in [0, 0.05) is 16.4 Å². The molecule has 2 aromatic carbocycles. The van der Waals surface area contributed by atoms with Gasteiger partial charge in [0.05, 0.1) is 11.3 Å². The summed E-state index contributed by atoms with van der Waals surface area (Å²) in [4.78, 5) is 0. The van der Waals surface area contributed by atoms with Gasteiger partial charge in [-0.25, -0.2) is 0 Å². The van der Waals surface area contributed by atoms with E-state index in [0.29, 0.717) is 12.2 Å². The van der Waals surface area contributed by atoms with Gasteiger partial charge in [-0.15, -0.1) is 5.10 Å². The number of guanidine groups is 1. The number of nitrogens with zero attached hydrogens (tertiary/aromatic N) is 3. The van der Waals surface area contributed by atoms with Crippen molar-refractivity contribution >= 4 is 34.8 Å². The van der Waals surface area contributed by atoms with E-state index in [1.165, 1.54) is 0 Å². The molecule has 142 valence electrons. The first kappa shape index (κ1) is 18.1. The highest BCUT2D eigenvalue weighted by molar-refractivity contribution is 6.31. The normalized spacial score (nSPS) is 17.2. The molecule has 0 fully saturated rings. The Kier molecular flexibility index (Phi) is 4.99. The van der Waals surface area contributed by atoms with E-state index in [4.69, 9.17) is 23.1 Å². The Bertz CT molecular complexity index is 1040. The Balaban J connectivity index is 1.74. The van der Waals surface area contributed by atoms with Crippen molar-refractivity contribution in [3.8, 4) is 0 Å². The number of nitrogens with two attached hydrogens (primary N) is 2. The average Bonchev–Trinajstić information content (AvgIpc) is 3.10. The van der Waals surface area contributed by atoms with Gasteiger partial charge < -0.3 is 16.8 Å². The third kappa shape index (κ3) is 3.70. The van der Waals surface area contributed by atoms with Gasteiger partial charge in [0.15, 0.2) is 5.82 Å². The molecule has 28 heavy (non-hydrogen) atoms. The summed E-state index contributed by atoms with van der Waals surface area (Å²) in [6.45, 7) is 0. The van der Waals surface area contributed by atoms with Crippen molar-refractivity contribution in [3.05, 3.63) is 76.4 Å². The van der Waals surface area contributed by atoms with Crippen molar-refractivity contribution in [3.63, 3.8) is 0 Å². The quantitative estimate of drug-likeness (QED) is 0.308. The number of hydrogen-bond acceptors (Lipinski definition) is 4. The summed E-state index contributed by atoms with van der Waals surface area (Å²) in [5.74, 6) is 0.762. The number of halogens is 1. The summed E-state index contributed by atoms with van der Waals surface area (Å²) >= 11 is 6.43. The lowest BCUT2D eigenvalue weighted by molar-refractivity contribution is 0.679. The molecule has 0 spiro atoms. The summed E-state index contributed by atoms with van der Waals surface area (Å²) < 4.78 is 0. The maximum Gasteiger partial charge on any atom is 0.211 e. The van der Waals surface area contributed by atoms with Crippen molar-refractivity contribution in [2.24, 2.45) is 21.7 Å². The molecule has 8 heteroatoms. The Labute approximate surface area is 167 Å². The second-order valence-corrected chi connectivity index (χ2v) is 7.02. The highest BCUT2D eigenvalue weighted by Gasteiger charge is 2.30. The molecule has 0 saturated carbocycles. The predicted octanol–water partition coefficient (Wildman–Crippen LogP) is 3.51. The average molecular weight is 394 g/mol. The first-order valence-corrected chi connectivity index (χ1v) is 9.29. The highest BCUT2D eigenvalue weighted by Crippen LogP contribution is 2.38. The first-order chi connectivity index (χ1) is 13.6. The molecule has 0 amide bonds. The fraction of sp³-hybridized carbons (Fsp3) is 0.150. The molecule has 0 radical (unpaired) electrons.